The molecule has 2 amide bonds. The van der Waals surface area contributed by atoms with Crippen LogP contribution in [0.3, 0.4) is 0 Å². The molecule has 0 saturated carbocycles. The Morgan fingerprint density at radius 1 is 1.11 bits per heavy atom. The largest absolute Gasteiger partial charge is 0.486 e. The van der Waals surface area contributed by atoms with Crippen LogP contribution in [-0.4, -0.2) is 68.6 Å². The van der Waals surface area contributed by atoms with Crippen molar-refractivity contribution in [3.8, 4) is 5.75 Å². The molecule has 238 valence electrons. The van der Waals surface area contributed by atoms with Crippen LogP contribution in [0.1, 0.15) is 17.7 Å². The second-order valence-electron chi connectivity index (χ2n) is 11.5. The molecule has 2 N–H and O–H groups in total. The smallest absolute Gasteiger partial charge is 0.293 e. The third kappa shape index (κ3) is 8.09. The lowest BCUT2D eigenvalue weighted by Gasteiger charge is -2.31. The van der Waals surface area contributed by atoms with Crippen molar-refractivity contribution < 1.29 is 37.0 Å². The summed E-state index contributed by atoms with van der Waals surface area (Å²) >= 11 is 0. The van der Waals surface area contributed by atoms with E-state index in [1.54, 1.807) is 48.0 Å². The molecule has 2 aromatic heterocycles. The monoisotopic (exact) mass is 634 g/mol. The Morgan fingerprint density at radius 3 is 2.57 bits per heavy atom. The molecule has 15 heteroatoms. The number of anilines is 1. The average Bonchev–Trinajstić information content (AvgIpc) is 3.39. The van der Waals surface area contributed by atoms with Gasteiger partial charge < -0.3 is 29.2 Å². The van der Waals surface area contributed by atoms with E-state index in [2.05, 4.69) is 10.3 Å². The zero-order valence-corrected chi connectivity index (χ0v) is 25.6. The van der Waals surface area contributed by atoms with E-state index in [-0.39, 0.29) is 49.0 Å². The van der Waals surface area contributed by atoms with Gasteiger partial charge in [0.1, 0.15) is 51.2 Å². The summed E-state index contributed by atoms with van der Waals surface area (Å²) in [6.45, 7) is -0.136. The van der Waals surface area contributed by atoms with Gasteiger partial charge in [0, 0.05) is 49.1 Å². The van der Waals surface area contributed by atoms with Crippen LogP contribution in [-0.2, 0) is 32.3 Å². The molecule has 4 rings (SSSR count). The Kier molecular flexibility index (Phi) is 10.4. The molecule has 0 aliphatic rings. The Hall–Kier alpha value is -5.20. The number of aromatic nitrogens is 2. The fraction of sp³-hybridized carbons (Fsp3) is 0.226. The number of halogens is 3. The van der Waals surface area contributed by atoms with Crippen LogP contribution in [0.5, 0.6) is 5.75 Å². The summed E-state index contributed by atoms with van der Waals surface area (Å²) in [4.78, 5) is 54.2. The maximum absolute atomic E-state index is 14.4. The minimum absolute atomic E-state index is 0.00463. The first-order valence-electron chi connectivity index (χ1n) is 14.1. The van der Waals surface area contributed by atoms with E-state index in [1.165, 1.54) is 39.9 Å². The first kappa shape index (κ1) is 33.7. The number of carbonyl (C=O) groups excluding carboxylic acids is 3. The topological polar surface area (TPSA) is 123 Å². The van der Waals surface area contributed by atoms with E-state index in [9.17, 15) is 32.3 Å². The van der Waals surface area contributed by atoms with Crippen molar-refractivity contribution >= 4 is 50.6 Å². The highest BCUT2D eigenvalue weighted by atomic mass is 19.1. The van der Waals surface area contributed by atoms with Crippen molar-refractivity contribution in [1.82, 2.24) is 14.5 Å². The number of allylic oxidation sites excluding steroid dienone is 1. The van der Waals surface area contributed by atoms with Gasteiger partial charge in [0.25, 0.3) is 17.9 Å². The molecule has 2 aromatic carbocycles. The molecule has 4 aromatic rings. The molecule has 0 radical (unpaired) electrons. The number of aromatic amines is 1. The highest BCUT2D eigenvalue weighted by molar-refractivity contribution is 6.42. The predicted octanol–water partition coefficient (Wildman–Crippen LogP) is 2.27. The quantitative estimate of drug-likeness (QED) is 0.132. The first-order chi connectivity index (χ1) is 21.8. The van der Waals surface area contributed by atoms with Gasteiger partial charge in [-0.25, -0.2) is 13.2 Å². The van der Waals surface area contributed by atoms with E-state index in [4.69, 9.17) is 9.47 Å². The number of fused-ring (bicyclic) bond motifs is 1. The molecular weight excluding hydrogens is 603 g/mol. The van der Waals surface area contributed by atoms with E-state index in [0.717, 1.165) is 18.2 Å². The summed E-state index contributed by atoms with van der Waals surface area (Å²) in [7, 11) is 6.56. The molecular formula is C31H31B2F3N4O6. The van der Waals surface area contributed by atoms with Gasteiger partial charge in [0.05, 0.1) is 12.1 Å². The average molecular weight is 634 g/mol. The minimum Gasteiger partial charge on any atom is -0.486 e. The van der Waals surface area contributed by atoms with Crippen molar-refractivity contribution in [2.45, 2.75) is 30.9 Å². The van der Waals surface area contributed by atoms with Gasteiger partial charge in [-0.1, -0.05) is 6.08 Å². The van der Waals surface area contributed by atoms with Crippen LogP contribution in [0.15, 0.2) is 71.7 Å². The summed E-state index contributed by atoms with van der Waals surface area (Å²) in [5.41, 5.74) is 0.327. The van der Waals surface area contributed by atoms with Crippen LogP contribution < -0.4 is 15.6 Å². The number of hydrogen-bond donors (Lipinski definition) is 2. The first-order valence-corrected chi connectivity index (χ1v) is 14.1. The number of rotatable bonds is 13. The molecule has 0 spiro atoms. The number of benzene rings is 2. The standard InChI is InChI=1S/C31H31B2F3N4O6/c1-39(2)26(42)6-3-9-31(32,33)28(46-17-41)29(43)38-24-5-4-10-40(30(24)44)15-22-12-19-11-21(35)14-25(27(19)37-22)45-16-18-7-8-20(34)13-23(18)36/h3-8,10-14,17,28,37H,9,15-16,32-33H2,1-2H3,(H,38,43)/b6-3+. The third-order valence-corrected chi connectivity index (χ3v) is 7.21. The van der Waals surface area contributed by atoms with Gasteiger partial charge in [0.15, 0.2) is 6.10 Å². The molecule has 0 aliphatic heterocycles. The van der Waals surface area contributed by atoms with Gasteiger partial charge in [-0.15, -0.1) is 0 Å². The van der Waals surface area contributed by atoms with Crippen LogP contribution in [0.4, 0.5) is 18.9 Å². The highest BCUT2D eigenvalue weighted by Gasteiger charge is 2.36. The lowest BCUT2D eigenvalue weighted by molar-refractivity contribution is -0.143. The fourth-order valence-electron chi connectivity index (χ4n) is 4.74. The zero-order valence-electron chi connectivity index (χ0n) is 25.6. The van der Waals surface area contributed by atoms with Crippen molar-refractivity contribution in [2.24, 2.45) is 0 Å². The Labute approximate surface area is 264 Å². The number of likely N-dealkylation sites (N-methyl/N-ethyl adjacent to an activating group) is 1. The van der Waals surface area contributed by atoms with Gasteiger partial charge in [0.2, 0.25) is 5.91 Å². The number of H-pyrrole nitrogens is 1. The van der Waals surface area contributed by atoms with Crippen molar-refractivity contribution in [1.29, 1.82) is 0 Å². The number of ether oxygens (including phenoxy) is 2. The Bertz CT molecular complexity index is 1860. The van der Waals surface area contributed by atoms with Crippen molar-refractivity contribution in [3.63, 3.8) is 0 Å². The molecule has 46 heavy (non-hydrogen) atoms. The SMILES string of the molecule is BC(B)(C/C=C/C(=O)N(C)C)C(OC=O)C(=O)Nc1cccn(Cc2cc3cc(F)cc(OCc4ccc(F)cc4F)c3[nH]2)c1=O. The zero-order chi connectivity index (χ0) is 33.6. The molecule has 0 fully saturated rings. The van der Waals surface area contributed by atoms with Gasteiger partial charge in [-0.3, -0.25) is 19.2 Å². The molecule has 1 unspecified atom stereocenters. The second-order valence-corrected chi connectivity index (χ2v) is 11.5. The van der Waals surface area contributed by atoms with Crippen LogP contribution in [0, 0.1) is 17.5 Å². The summed E-state index contributed by atoms with van der Waals surface area (Å²) < 4.78 is 53.8. The molecule has 10 nitrogen and oxygen atoms in total. The van der Waals surface area contributed by atoms with E-state index < -0.39 is 40.2 Å². The summed E-state index contributed by atoms with van der Waals surface area (Å²) in [5, 5.41) is 2.03. The van der Waals surface area contributed by atoms with Crippen LogP contribution >= 0.6 is 0 Å². The van der Waals surface area contributed by atoms with Crippen LogP contribution in [0.2, 0.25) is 5.21 Å². The van der Waals surface area contributed by atoms with E-state index >= 15 is 0 Å². The van der Waals surface area contributed by atoms with Gasteiger partial charge in [-0.2, -0.15) is 0 Å². The number of nitrogens with one attached hydrogen (secondary N) is 2. The van der Waals surface area contributed by atoms with Gasteiger partial charge in [-0.05, 0) is 54.1 Å². The number of amides is 2. The minimum atomic E-state index is -1.29. The summed E-state index contributed by atoms with van der Waals surface area (Å²) in [6, 6.07) is 10.0. The second kappa shape index (κ2) is 14.3. The van der Waals surface area contributed by atoms with Crippen LogP contribution in [0.25, 0.3) is 10.9 Å². The molecule has 0 aliphatic carbocycles. The van der Waals surface area contributed by atoms with Gasteiger partial charge >= 0.3 is 0 Å². The predicted molar refractivity (Wildman–Crippen MR) is 171 cm³/mol. The molecule has 0 saturated heterocycles. The summed E-state index contributed by atoms with van der Waals surface area (Å²) in [5.74, 6) is -3.04. The number of nitrogens with zero attached hydrogens (tertiary/aromatic N) is 2. The number of pyridine rings is 1. The normalized spacial score (nSPS) is 12.2. The summed E-state index contributed by atoms with van der Waals surface area (Å²) in [6.07, 6.45) is 3.35. The fourth-order valence-corrected chi connectivity index (χ4v) is 4.74. The molecule has 0 bridgehead atoms. The molecule has 1 atom stereocenters. The number of hydrogen-bond acceptors (Lipinski definition) is 6. The van der Waals surface area contributed by atoms with Crippen molar-refractivity contribution in [3.05, 3.63) is 106 Å². The Morgan fingerprint density at radius 2 is 1.87 bits per heavy atom. The molecule has 2 heterocycles. The van der Waals surface area contributed by atoms with E-state index in [0.29, 0.717) is 16.6 Å². The third-order valence-electron chi connectivity index (χ3n) is 7.21. The maximum atomic E-state index is 14.4. The van der Waals surface area contributed by atoms with Crippen molar-refractivity contribution in [2.75, 3.05) is 19.4 Å². The lowest BCUT2D eigenvalue weighted by atomic mass is 9.49. The Balaban J connectivity index is 1.52. The van der Waals surface area contributed by atoms with E-state index in [1.807, 2.05) is 0 Å². The highest BCUT2D eigenvalue weighted by Crippen LogP contribution is 2.31. The maximum Gasteiger partial charge on any atom is 0.293 e. The number of carbonyl (C=O) groups is 3. The lowest BCUT2D eigenvalue weighted by Crippen LogP contribution is -2.42.